The van der Waals surface area contributed by atoms with Crippen molar-refractivity contribution in [2.24, 2.45) is 5.92 Å². The van der Waals surface area contributed by atoms with Gasteiger partial charge in [0.15, 0.2) is 0 Å². The number of nitrogens with zero attached hydrogens (tertiary/aromatic N) is 5. The predicted octanol–water partition coefficient (Wildman–Crippen LogP) is 3.72. The van der Waals surface area contributed by atoms with Crippen LogP contribution in [0.1, 0.15) is 44.6 Å². The molecule has 1 atom stereocenters. The summed E-state index contributed by atoms with van der Waals surface area (Å²) in [6.07, 6.45) is 7.16. The zero-order chi connectivity index (χ0) is 26.2. The first kappa shape index (κ1) is 25.7. The number of aliphatic hydroxyl groups excluding tert-OH is 1. The van der Waals surface area contributed by atoms with E-state index in [1.807, 2.05) is 12.3 Å². The fourth-order valence-corrected chi connectivity index (χ4v) is 6.44. The van der Waals surface area contributed by atoms with Gasteiger partial charge in [-0.2, -0.15) is 4.98 Å². The molecule has 2 aliphatic rings. The van der Waals surface area contributed by atoms with E-state index in [1.165, 1.54) is 11.8 Å². The summed E-state index contributed by atoms with van der Waals surface area (Å²) in [6.45, 7) is 7.41. The highest BCUT2D eigenvalue weighted by Crippen LogP contribution is 2.37. The molecular weight excluding hydrogens is 488 g/mol. The van der Waals surface area contributed by atoms with E-state index in [4.69, 9.17) is 9.97 Å². The molecular formula is C27H36N6O3S. The third kappa shape index (κ3) is 5.96. The van der Waals surface area contributed by atoms with Crippen LogP contribution < -0.4 is 15.1 Å². The minimum atomic E-state index is -2.97. The lowest BCUT2D eigenvalue weighted by Gasteiger charge is -2.41. The number of hydrogen-bond acceptors (Lipinski definition) is 9. The van der Waals surface area contributed by atoms with Crippen molar-refractivity contribution in [2.75, 3.05) is 53.3 Å². The molecule has 0 aliphatic carbocycles. The van der Waals surface area contributed by atoms with Crippen LogP contribution in [0.4, 0.5) is 23.3 Å². The monoisotopic (exact) mass is 524 g/mol. The molecule has 2 N–H and O–H groups in total. The first-order chi connectivity index (χ1) is 17.7. The summed E-state index contributed by atoms with van der Waals surface area (Å²) in [4.78, 5) is 18.3. The fourth-order valence-electron chi connectivity index (χ4n) is 5.37. The molecule has 1 unspecified atom stereocenters. The molecule has 0 amide bonds. The lowest BCUT2D eigenvalue weighted by Crippen LogP contribution is -2.49. The van der Waals surface area contributed by atoms with Crippen molar-refractivity contribution in [3.63, 3.8) is 0 Å². The number of hydrogen-bond donors (Lipinski definition) is 2. The van der Waals surface area contributed by atoms with Crippen molar-refractivity contribution < 1.29 is 13.5 Å². The molecule has 1 aromatic carbocycles. The number of rotatable bonds is 7. The average Bonchev–Trinajstić information content (AvgIpc) is 3.04. The molecule has 2 aromatic heterocycles. The van der Waals surface area contributed by atoms with Gasteiger partial charge in [-0.25, -0.2) is 18.4 Å². The van der Waals surface area contributed by atoms with Crippen LogP contribution in [-0.2, 0) is 9.84 Å². The van der Waals surface area contributed by atoms with Gasteiger partial charge >= 0.3 is 0 Å². The van der Waals surface area contributed by atoms with Gasteiger partial charge in [0.1, 0.15) is 21.5 Å². The van der Waals surface area contributed by atoms with Crippen molar-refractivity contribution in [1.82, 2.24) is 15.0 Å². The normalized spacial score (nSPS) is 19.2. The Morgan fingerprint density at radius 1 is 1.05 bits per heavy atom. The maximum Gasteiger partial charge on any atom is 0.227 e. The SMILES string of the molecule is CC(C)c1ccc(N2CC(CS(C)(=O)=O)C2)c2cnc(Nc3ccnc(N4CCCC(O)CC4)n3)cc12. The van der Waals surface area contributed by atoms with Gasteiger partial charge in [0.2, 0.25) is 5.95 Å². The number of sulfone groups is 1. The summed E-state index contributed by atoms with van der Waals surface area (Å²) in [7, 11) is -2.97. The van der Waals surface area contributed by atoms with E-state index in [0.717, 1.165) is 61.9 Å². The molecule has 3 aromatic rings. The summed E-state index contributed by atoms with van der Waals surface area (Å²) in [6, 6.07) is 8.22. The van der Waals surface area contributed by atoms with Crippen LogP contribution in [-0.4, -0.2) is 72.8 Å². The summed E-state index contributed by atoms with van der Waals surface area (Å²) in [5.41, 5.74) is 2.33. The summed E-state index contributed by atoms with van der Waals surface area (Å²) >= 11 is 0. The minimum Gasteiger partial charge on any atom is -0.393 e. The quantitative estimate of drug-likeness (QED) is 0.477. The smallest absolute Gasteiger partial charge is 0.227 e. The number of benzene rings is 1. The Balaban J connectivity index is 1.39. The van der Waals surface area contributed by atoms with E-state index in [0.29, 0.717) is 23.5 Å². The van der Waals surface area contributed by atoms with Gasteiger partial charge in [0.05, 0.1) is 11.9 Å². The summed E-state index contributed by atoms with van der Waals surface area (Å²) < 4.78 is 23.4. The van der Waals surface area contributed by atoms with E-state index < -0.39 is 9.84 Å². The van der Waals surface area contributed by atoms with Gasteiger partial charge in [-0.3, -0.25) is 0 Å². The molecule has 2 aliphatic heterocycles. The van der Waals surface area contributed by atoms with Gasteiger partial charge in [-0.15, -0.1) is 0 Å². The van der Waals surface area contributed by atoms with E-state index in [2.05, 4.69) is 52.1 Å². The van der Waals surface area contributed by atoms with Crippen LogP contribution in [0.5, 0.6) is 0 Å². The average molecular weight is 525 g/mol. The van der Waals surface area contributed by atoms with Crippen molar-refractivity contribution in [1.29, 1.82) is 0 Å². The zero-order valence-electron chi connectivity index (χ0n) is 21.8. The predicted molar refractivity (Wildman–Crippen MR) is 149 cm³/mol. The van der Waals surface area contributed by atoms with Gasteiger partial charge in [0.25, 0.3) is 0 Å². The molecule has 0 bridgehead atoms. The van der Waals surface area contributed by atoms with Crippen LogP contribution in [0.25, 0.3) is 10.8 Å². The van der Waals surface area contributed by atoms with Gasteiger partial charge in [-0.1, -0.05) is 19.9 Å². The molecule has 2 fully saturated rings. The minimum absolute atomic E-state index is 0.170. The third-order valence-corrected chi connectivity index (χ3v) is 8.33. The second kappa shape index (κ2) is 10.4. The van der Waals surface area contributed by atoms with Crippen LogP contribution >= 0.6 is 0 Å². The Morgan fingerprint density at radius 3 is 2.62 bits per heavy atom. The molecule has 9 nitrogen and oxygen atoms in total. The van der Waals surface area contributed by atoms with E-state index in [1.54, 1.807) is 6.20 Å². The number of nitrogens with one attached hydrogen (secondary N) is 1. The van der Waals surface area contributed by atoms with Crippen molar-refractivity contribution >= 4 is 43.9 Å². The van der Waals surface area contributed by atoms with Crippen LogP contribution in [0.2, 0.25) is 0 Å². The van der Waals surface area contributed by atoms with Crippen molar-refractivity contribution in [2.45, 2.75) is 45.1 Å². The second-order valence-electron chi connectivity index (χ2n) is 10.7. The summed E-state index contributed by atoms with van der Waals surface area (Å²) in [5, 5.41) is 15.5. The molecule has 10 heteroatoms. The molecule has 2 saturated heterocycles. The Hall–Kier alpha value is -2.98. The van der Waals surface area contributed by atoms with Gasteiger partial charge < -0.3 is 20.2 Å². The van der Waals surface area contributed by atoms with Crippen molar-refractivity contribution in [3.8, 4) is 0 Å². The largest absolute Gasteiger partial charge is 0.393 e. The standard InChI is InChI=1S/C27H36N6O3S/c1-18(2)21-6-7-24(33-15-19(16-33)17-37(3,35)36)23-14-29-26(13-22(21)23)30-25-8-10-28-27(31-25)32-11-4-5-20(34)9-12-32/h6-8,10,13-14,18-20,34H,4-5,9,11-12,15-17H2,1-3H3,(H,28,29,30,31). The molecule has 5 rings (SSSR count). The second-order valence-corrected chi connectivity index (χ2v) is 12.9. The number of aliphatic hydroxyl groups is 1. The highest BCUT2D eigenvalue weighted by atomic mass is 32.2. The molecule has 4 heterocycles. The Kier molecular flexibility index (Phi) is 7.22. The van der Waals surface area contributed by atoms with Crippen LogP contribution in [0, 0.1) is 5.92 Å². The number of anilines is 4. The number of fused-ring (bicyclic) bond motifs is 1. The van der Waals surface area contributed by atoms with Gasteiger partial charge in [-0.05, 0) is 54.3 Å². The summed E-state index contributed by atoms with van der Waals surface area (Å²) in [5.74, 6) is 2.78. The molecule has 198 valence electrons. The fraction of sp³-hybridized carbons (Fsp3) is 0.519. The lowest BCUT2D eigenvalue weighted by atomic mass is 9.93. The van der Waals surface area contributed by atoms with E-state index in [9.17, 15) is 13.5 Å². The number of aromatic nitrogens is 3. The molecule has 0 radical (unpaired) electrons. The number of pyridine rings is 1. The first-order valence-electron chi connectivity index (χ1n) is 13.0. The highest BCUT2D eigenvalue weighted by Gasteiger charge is 2.31. The van der Waals surface area contributed by atoms with E-state index in [-0.39, 0.29) is 17.8 Å². The maximum absolute atomic E-state index is 11.7. The van der Waals surface area contributed by atoms with Crippen LogP contribution in [0.3, 0.4) is 0 Å². The van der Waals surface area contributed by atoms with Crippen molar-refractivity contribution in [3.05, 3.63) is 42.2 Å². The topological polar surface area (TPSA) is 112 Å². The van der Waals surface area contributed by atoms with Gasteiger partial charge in [0, 0.05) is 61.8 Å². The van der Waals surface area contributed by atoms with E-state index >= 15 is 0 Å². The molecule has 0 saturated carbocycles. The van der Waals surface area contributed by atoms with Crippen LogP contribution in [0.15, 0.2) is 36.7 Å². The lowest BCUT2D eigenvalue weighted by molar-refractivity contribution is 0.161. The zero-order valence-corrected chi connectivity index (χ0v) is 22.6. The molecule has 0 spiro atoms. The highest BCUT2D eigenvalue weighted by molar-refractivity contribution is 7.90. The Bertz CT molecular complexity index is 1370. The third-order valence-electron chi connectivity index (χ3n) is 7.25. The Labute approximate surface area is 218 Å². The molecule has 37 heavy (non-hydrogen) atoms. The first-order valence-corrected chi connectivity index (χ1v) is 15.1. The maximum atomic E-state index is 11.7. The Morgan fingerprint density at radius 2 is 1.86 bits per heavy atom.